The zero-order chi connectivity index (χ0) is 13.3. The van der Waals surface area contributed by atoms with Crippen molar-refractivity contribution in [3.8, 4) is 10.4 Å². The molecular weight excluding hydrogens is 251 g/mol. The van der Waals surface area contributed by atoms with Gasteiger partial charge in [-0.1, -0.05) is 18.2 Å². The van der Waals surface area contributed by atoms with Crippen molar-refractivity contribution in [2.24, 2.45) is 0 Å². The summed E-state index contributed by atoms with van der Waals surface area (Å²) in [6, 6.07) is 10.0. The Morgan fingerprint density at radius 1 is 1.22 bits per heavy atom. The second-order valence-electron chi connectivity index (χ2n) is 4.57. The van der Waals surface area contributed by atoms with Gasteiger partial charge in [-0.05, 0) is 32.0 Å². The van der Waals surface area contributed by atoms with E-state index in [1.807, 2.05) is 0 Å². The highest BCUT2D eigenvalue weighted by atomic mass is 32.1. The molecule has 0 spiro atoms. The number of thiophene rings is 1. The van der Waals surface area contributed by atoms with Crippen molar-refractivity contribution in [3.05, 3.63) is 47.1 Å². The van der Waals surface area contributed by atoms with Gasteiger partial charge in [-0.15, -0.1) is 11.3 Å². The average molecular weight is 264 g/mol. The van der Waals surface area contributed by atoms with Crippen LogP contribution >= 0.6 is 11.3 Å². The van der Waals surface area contributed by atoms with Crippen LogP contribution in [0.5, 0.6) is 0 Å². The zero-order valence-electron chi connectivity index (χ0n) is 10.1. The number of hydrogen-bond acceptors (Lipinski definition) is 2. The largest absolute Gasteiger partial charge is 0.481 e. The van der Waals surface area contributed by atoms with Crippen molar-refractivity contribution in [2.45, 2.75) is 19.3 Å². The molecule has 2 rings (SSSR count). The van der Waals surface area contributed by atoms with Gasteiger partial charge in [0.25, 0.3) is 0 Å². The fourth-order valence-electron chi connectivity index (χ4n) is 1.58. The topological polar surface area (TPSA) is 37.3 Å². The summed E-state index contributed by atoms with van der Waals surface area (Å²) in [6.07, 6.45) is 0. The molecule has 0 bridgehead atoms. The summed E-state index contributed by atoms with van der Waals surface area (Å²) >= 11 is 1.31. The molecule has 0 radical (unpaired) electrons. The van der Waals surface area contributed by atoms with E-state index in [1.165, 1.54) is 17.4 Å². The Hall–Kier alpha value is -1.68. The minimum absolute atomic E-state index is 0.293. The third kappa shape index (κ3) is 2.16. The first-order valence-corrected chi connectivity index (χ1v) is 6.33. The summed E-state index contributed by atoms with van der Waals surface area (Å²) in [5.41, 5.74) is -0.441. The lowest BCUT2D eigenvalue weighted by Gasteiger charge is -2.16. The van der Waals surface area contributed by atoms with E-state index in [1.54, 1.807) is 44.2 Å². The molecule has 1 aromatic heterocycles. The van der Waals surface area contributed by atoms with E-state index < -0.39 is 11.4 Å². The van der Waals surface area contributed by atoms with Crippen LogP contribution in [0.2, 0.25) is 0 Å². The Labute approximate surface area is 109 Å². The standard InChI is InChI=1S/C14H13FO2S/c1-14(2,13(16)17)12-8-7-11(18-12)9-5-3-4-6-10(9)15/h3-8H,1-2H3,(H,16,17). The van der Waals surface area contributed by atoms with Crippen LogP contribution in [-0.2, 0) is 10.2 Å². The lowest BCUT2D eigenvalue weighted by molar-refractivity contribution is -0.142. The third-order valence-corrected chi connectivity index (χ3v) is 4.34. The molecular formula is C14H13FO2S. The van der Waals surface area contributed by atoms with Crippen molar-refractivity contribution >= 4 is 17.3 Å². The number of carbonyl (C=O) groups is 1. The molecule has 4 heteroatoms. The van der Waals surface area contributed by atoms with Gasteiger partial charge in [-0.2, -0.15) is 0 Å². The van der Waals surface area contributed by atoms with E-state index in [0.717, 1.165) is 4.88 Å². The van der Waals surface area contributed by atoms with Crippen LogP contribution < -0.4 is 0 Å². The van der Waals surface area contributed by atoms with Crippen molar-refractivity contribution < 1.29 is 14.3 Å². The van der Waals surface area contributed by atoms with E-state index in [2.05, 4.69) is 0 Å². The zero-order valence-corrected chi connectivity index (χ0v) is 10.9. The second kappa shape index (κ2) is 4.53. The molecule has 0 aliphatic rings. The molecule has 0 amide bonds. The maximum atomic E-state index is 13.6. The molecule has 1 heterocycles. The summed E-state index contributed by atoms with van der Waals surface area (Å²) in [6.45, 7) is 3.29. The van der Waals surface area contributed by atoms with Crippen molar-refractivity contribution in [2.75, 3.05) is 0 Å². The number of carboxylic acids is 1. The number of halogens is 1. The molecule has 1 aromatic carbocycles. The van der Waals surface area contributed by atoms with Gasteiger partial charge in [0.2, 0.25) is 0 Å². The Kier molecular flexibility index (Phi) is 3.22. The van der Waals surface area contributed by atoms with Crippen LogP contribution in [0, 0.1) is 5.82 Å². The van der Waals surface area contributed by atoms with Crippen LogP contribution in [0.1, 0.15) is 18.7 Å². The average Bonchev–Trinajstić information content (AvgIpc) is 2.79. The highest BCUT2D eigenvalue weighted by Gasteiger charge is 2.31. The van der Waals surface area contributed by atoms with Crippen molar-refractivity contribution in [3.63, 3.8) is 0 Å². The quantitative estimate of drug-likeness (QED) is 0.912. The monoisotopic (exact) mass is 264 g/mol. The van der Waals surface area contributed by atoms with Gasteiger partial charge in [0.05, 0.1) is 5.41 Å². The molecule has 2 aromatic rings. The summed E-state index contributed by atoms with van der Waals surface area (Å²) in [5, 5.41) is 9.16. The normalized spacial score (nSPS) is 11.5. The fourth-order valence-corrected chi connectivity index (χ4v) is 2.71. The van der Waals surface area contributed by atoms with Crippen molar-refractivity contribution in [1.29, 1.82) is 0 Å². The molecule has 18 heavy (non-hydrogen) atoms. The van der Waals surface area contributed by atoms with Crippen LogP contribution in [-0.4, -0.2) is 11.1 Å². The molecule has 1 N–H and O–H groups in total. The number of carboxylic acid groups (broad SMARTS) is 1. The van der Waals surface area contributed by atoms with E-state index in [0.29, 0.717) is 10.4 Å². The lowest BCUT2D eigenvalue weighted by atomic mass is 9.92. The van der Waals surface area contributed by atoms with Gasteiger partial charge in [-0.3, -0.25) is 4.79 Å². The maximum absolute atomic E-state index is 13.6. The molecule has 94 valence electrons. The smallest absolute Gasteiger partial charge is 0.314 e. The summed E-state index contributed by atoms with van der Waals surface area (Å²) in [5.74, 6) is -1.18. The minimum Gasteiger partial charge on any atom is -0.481 e. The third-order valence-electron chi connectivity index (χ3n) is 2.90. The summed E-state index contributed by atoms with van der Waals surface area (Å²) in [7, 11) is 0. The maximum Gasteiger partial charge on any atom is 0.314 e. The molecule has 2 nitrogen and oxygen atoms in total. The predicted molar refractivity (Wildman–Crippen MR) is 70.4 cm³/mol. The Morgan fingerprint density at radius 2 is 1.89 bits per heavy atom. The number of hydrogen-bond donors (Lipinski definition) is 1. The minimum atomic E-state index is -0.950. The van der Waals surface area contributed by atoms with E-state index in [4.69, 9.17) is 5.11 Å². The van der Waals surface area contributed by atoms with Crippen LogP contribution in [0.15, 0.2) is 36.4 Å². The Bertz CT molecular complexity index is 587. The SMILES string of the molecule is CC(C)(C(=O)O)c1ccc(-c2ccccc2F)s1. The van der Waals surface area contributed by atoms with E-state index in [9.17, 15) is 9.18 Å². The molecule has 0 atom stereocenters. The number of aliphatic carboxylic acids is 1. The summed E-state index contributed by atoms with van der Waals surface area (Å²) < 4.78 is 13.6. The summed E-state index contributed by atoms with van der Waals surface area (Å²) in [4.78, 5) is 12.6. The first-order valence-electron chi connectivity index (χ1n) is 5.51. The second-order valence-corrected chi connectivity index (χ2v) is 5.66. The molecule has 0 unspecified atom stereocenters. The van der Waals surface area contributed by atoms with E-state index in [-0.39, 0.29) is 5.82 Å². The van der Waals surface area contributed by atoms with Gasteiger partial charge in [0.15, 0.2) is 0 Å². The van der Waals surface area contributed by atoms with Gasteiger partial charge < -0.3 is 5.11 Å². The van der Waals surface area contributed by atoms with E-state index >= 15 is 0 Å². The van der Waals surface area contributed by atoms with Gasteiger partial charge in [0, 0.05) is 15.3 Å². The van der Waals surface area contributed by atoms with Crippen LogP contribution in [0.3, 0.4) is 0 Å². The van der Waals surface area contributed by atoms with Crippen molar-refractivity contribution in [1.82, 2.24) is 0 Å². The van der Waals surface area contributed by atoms with Crippen LogP contribution in [0.4, 0.5) is 4.39 Å². The van der Waals surface area contributed by atoms with Gasteiger partial charge in [-0.25, -0.2) is 4.39 Å². The lowest BCUT2D eigenvalue weighted by Crippen LogP contribution is -2.27. The highest BCUT2D eigenvalue weighted by molar-refractivity contribution is 7.15. The molecule has 0 fully saturated rings. The fraction of sp³-hybridized carbons (Fsp3) is 0.214. The highest BCUT2D eigenvalue weighted by Crippen LogP contribution is 2.36. The predicted octanol–water partition coefficient (Wildman–Crippen LogP) is 3.92. The van der Waals surface area contributed by atoms with Gasteiger partial charge >= 0.3 is 5.97 Å². The molecule has 0 aliphatic heterocycles. The number of rotatable bonds is 3. The Morgan fingerprint density at radius 3 is 2.50 bits per heavy atom. The molecule has 0 saturated heterocycles. The first-order chi connectivity index (χ1) is 8.43. The molecule has 0 saturated carbocycles. The molecule has 0 aliphatic carbocycles. The first kappa shape index (κ1) is 12.8. The Balaban J connectivity index is 2.44. The van der Waals surface area contributed by atoms with Crippen LogP contribution in [0.25, 0.3) is 10.4 Å². The van der Waals surface area contributed by atoms with Gasteiger partial charge in [0.1, 0.15) is 5.82 Å². The number of benzene rings is 1.